The van der Waals surface area contributed by atoms with Crippen LogP contribution in [0.1, 0.15) is 42.4 Å². The predicted octanol–water partition coefficient (Wildman–Crippen LogP) is 2.91. The Morgan fingerprint density at radius 3 is 2.50 bits per heavy atom. The number of carbonyl (C=O) groups is 1. The van der Waals surface area contributed by atoms with Gasteiger partial charge >= 0.3 is 0 Å². The number of benzene rings is 1. The maximum Gasteiger partial charge on any atom is 0.268 e. The van der Waals surface area contributed by atoms with E-state index in [0.29, 0.717) is 11.6 Å². The highest BCUT2D eigenvalue weighted by Crippen LogP contribution is 2.21. The topological polar surface area (TPSA) is 60.3 Å². The second-order valence-electron chi connectivity index (χ2n) is 6.27. The summed E-state index contributed by atoms with van der Waals surface area (Å²) in [5, 5.41) is 3.05. The molecule has 0 saturated heterocycles. The van der Waals surface area contributed by atoms with Crippen molar-refractivity contribution in [1.29, 1.82) is 0 Å². The first-order chi connectivity index (χ1) is 11.4. The molecule has 1 unspecified atom stereocenters. The van der Waals surface area contributed by atoms with Gasteiger partial charge in [-0.1, -0.05) is 44.2 Å². The molecule has 1 N–H and O–H groups in total. The Bertz CT molecular complexity index is 751. The van der Waals surface area contributed by atoms with Crippen molar-refractivity contribution >= 4 is 5.91 Å². The van der Waals surface area contributed by atoms with Gasteiger partial charge in [-0.25, -0.2) is 0 Å². The standard InChI is InChI=1S/C19H24N2O3/c1-13(2)10-15(14-8-6-5-7-9-14)20-19(23)16-11-17(22)18(24-4)12-21(16)3/h5-9,11-13,15H,10H2,1-4H3,(H,20,23). The van der Waals surface area contributed by atoms with Crippen molar-refractivity contribution in [2.24, 2.45) is 13.0 Å². The van der Waals surface area contributed by atoms with Crippen LogP contribution in [0.3, 0.4) is 0 Å². The third-order valence-electron chi connectivity index (χ3n) is 3.87. The fourth-order valence-electron chi connectivity index (χ4n) is 2.65. The van der Waals surface area contributed by atoms with Gasteiger partial charge < -0.3 is 14.6 Å². The molecule has 1 amide bonds. The number of methoxy groups -OCH3 is 1. The number of hydrogen-bond acceptors (Lipinski definition) is 3. The summed E-state index contributed by atoms with van der Waals surface area (Å²) in [4.78, 5) is 24.6. The minimum Gasteiger partial charge on any atom is -0.491 e. The number of rotatable bonds is 6. The first-order valence-corrected chi connectivity index (χ1v) is 8.02. The molecule has 1 aromatic heterocycles. The van der Waals surface area contributed by atoms with Crippen LogP contribution in [0.25, 0.3) is 0 Å². The summed E-state index contributed by atoms with van der Waals surface area (Å²) in [6.07, 6.45) is 2.34. The highest BCUT2D eigenvalue weighted by Gasteiger charge is 2.19. The van der Waals surface area contributed by atoms with Crippen LogP contribution in [0.4, 0.5) is 0 Å². The average molecular weight is 328 g/mol. The molecule has 1 atom stereocenters. The predicted molar refractivity (Wildman–Crippen MR) is 94.3 cm³/mol. The van der Waals surface area contributed by atoms with Crippen LogP contribution in [0.5, 0.6) is 5.75 Å². The monoisotopic (exact) mass is 328 g/mol. The lowest BCUT2D eigenvalue weighted by Gasteiger charge is -2.22. The summed E-state index contributed by atoms with van der Waals surface area (Å²) in [5.74, 6) is 0.373. The molecule has 0 fully saturated rings. The van der Waals surface area contributed by atoms with Crippen LogP contribution in [0, 0.1) is 5.92 Å². The number of aromatic nitrogens is 1. The zero-order valence-electron chi connectivity index (χ0n) is 14.6. The number of carbonyl (C=O) groups excluding carboxylic acids is 1. The van der Waals surface area contributed by atoms with Gasteiger partial charge in [-0.05, 0) is 17.9 Å². The highest BCUT2D eigenvalue weighted by molar-refractivity contribution is 5.92. The van der Waals surface area contributed by atoms with E-state index in [-0.39, 0.29) is 23.1 Å². The second kappa shape index (κ2) is 7.81. The van der Waals surface area contributed by atoms with Crippen molar-refractivity contribution in [1.82, 2.24) is 9.88 Å². The second-order valence-corrected chi connectivity index (χ2v) is 6.27. The van der Waals surface area contributed by atoms with E-state index in [1.54, 1.807) is 11.6 Å². The number of hydrogen-bond donors (Lipinski definition) is 1. The summed E-state index contributed by atoms with van der Waals surface area (Å²) < 4.78 is 6.60. The SMILES string of the molecule is COc1cn(C)c(C(=O)NC(CC(C)C)c2ccccc2)cc1=O. The van der Waals surface area contributed by atoms with E-state index in [2.05, 4.69) is 19.2 Å². The van der Waals surface area contributed by atoms with Crippen LogP contribution < -0.4 is 15.5 Å². The van der Waals surface area contributed by atoms with Crippen molar-refractivity contribution in [2.45, 2.75) is 26.3 Å². The van der Waals surface area contributed by atoms with Crippen LogP contribution in [-0.2, 0) is 7.05 Å². The van der Waals surface area contributed by atoms with E-state index in [4.69, 9.17) is 4.74 Å². The van der Waals surface area contributed by atoms with Crippen molar-refractivity contribution in [3.05, 3.63) is 64.1 Å². The molecule has 0 aliphatic rings. The van der Waals surface area contributed by atoms with Crippen molar-refractivity contribution in [3.8, 4) is 5.75 Å². The van der Waals surface area contributed by atoms with Gasteiger partial charge in [-0.3, -0.25) is 9.59 Å². The molecule has 5 nitrogen and oxygen atoms in total. The molecule has 2 aromatic rings. The molecular weight excluding hydrogens is 304 g/mol. The maximum atomic E-state index is 12.7. The molecule has 2 rings (SSSR count). The van der Waals surface area contributed by atoms with Crippen LogP contribution >= 0.6 is 0 Å². The molecule has 0 spiro atoms. The summed E-state index contributed by atoms with van der Waals surface area (Å²) in [6.45, 7) is 4.23. The van der Waals surface area contributed by atoms with Crippen molar-refractivity contribution < 1.29 is 9.53 Å². The maximum absolute atomic E-state index is 12.7. The first kappa shape index (κ1) is 17.8. The molecule has 5 heteroatoms. The van der Waals surface area contributed by atoms with Gasteiger partial charge in [0.1, 0.15) is 5.69 Å². The van der Waals surface area contributed by atoms with E-state index in [0.717, 1.165) is 12.0 Å². The lowest BCUT2D eigenvalue weighted by molar-refractivity contribution is 0.0922. The summed E-state index contributed by atoms with van der Waals surface area (Å²) >= 11 is 0. The number of nitrogens with one attached hydrogen (secondary N) is 1. The van der Waals surface area contributed by atoms with E-state index in [9.17, 15) is 9.59 Å². The summed E-state index contributed by atoms with van der Waals surface area (Å²) in [5.41, 5.74) is 1.06. The summed E-state index contributed by atoms with van der Waals surface area (Å²) in [6, 6.07) is 11.1. The van der Waals surface area contributed by atoms with Gasteiger partial charge in [0, 0.05) is 13.1 Å². The Morgan fingerprint density at radius 2 is 1.92 bits per heavy atom. The molecule has 128 valence electrons. The number of ether oxygens (including phenoxy) is 1. The Balaban J connectivity index is 2.28. The third kappa shape index (κ3) is 4.25. The fraction of sp³-hybridized carbons (Fsp3) is 0.368. The molecule has 24 heavy (non-hydrogen) atoms. The first-order valence-electron chi connectivity index (χ1n) is 8.02. The van der Waals surface area contributed by atoms with E-state index >= 15 is 0 Å². The molecule has 0 saturated carbocycles. The highest BCUT2D eigenvalue weighted by atomic mass is 16.5. The Labute approximate surface area is 142 Å². The van der Waals surface area contributed by atoms with Gasteiger partial charge in [0.2, 0.25) is 5.43 Å². The van der Waals surface area contributed by atoms with Crippen LogP contribution in [0.2, 0.25) is 0 Å². The summed E-state index contributed by atoms with van der Waals surface area (Å²) in [7, 11) is 3.15. The van der Waals surface area contributed by atoms with Crippen molar-refractivity contribution in [3.63, 3.8) is 0 Å². The minimum atomic E-state index is -0.305. The lowest BCUT2D eigenvalue weighted by Crippen LogP contribution is -2.32. The molecule has 1 heterocycles. The number of pyridine rings is 1. The van der Waals surface area contributed by atoms with Gasteiger partial charge in [-0.2, -0.15) is 0 Å². The fourth-order valence-corrected chi connectivity index (χ4v) is 2.65. The smallest absolute Gasteiger partial charge is 0.268 e. The largest absolute Gasteiger partial charge is 0.491 e. The molecule has 1 aromatic carbocycles. The number of nitrogens with zero attached hydrogens (tertiary/aromatic N) is 1. The zero-order chi connectivity index (χ0) is 17.7. The van der Waals surface area contributed by atoms with E-state index < -0.39 is 0 Å². The Hall–Kier alpha value is -2.56. The molecule has 0 aliphatic carbocycles. The average Bonchev–Trinajstić information content (AvgIpc) is 2.56. The van der Waals surface area contributed by atoms with Gasteiger partial charge in [0.15, 0.2) is 5.75 Å². The van der Waals surface area contributed by atoms with Crippen molar-refractivity contribution in [2.75, 3.05) is 7.11 Å². The molecular formula is C19H24N2O3. The zero-order valence-corrected chi connectivity index (χ0v) is 14.6. The van der Waals surface area contributed by atoms with Crippen LogP contribution in [0.15, 0.2) is 47.4 Å². The molecule has 0 aliphatic heterocycles. The quantitative estimate of drug-likeness (QED) is 0.887. The van der Waals surface area contributed by atoms with E-state index in [1.807, 2.05) is 30.3 Å². The third-order valence-corrected chi connectivity index (χ3v) is 3.87. The van der Waals surface area contributed by atoms with Gasteiger partial charge in [0.25, 0.3) is 5.91 Å². The Morgan fingerprint density at radius 1 is 1.25 bits per heavy atom. The van der Waals surface area contributed by atoms with Crippen LogP contribution in [-0.4, -0.2) is 17.6 Å². The van der Waals surface area contributed by atoms with E-state index in [1.165, 1.54) is 19.4 Å². The van der Waals surface area contributed by atoms with Gasteiger partial charge in [-0.15, -0.1) is 0 Å². The normalized spacial score (nSPS) is 12.0. The number of amides is 1. The number of aryl methyl sites for hydroxylation is 1. The molecule has 0 bridgehead atoms. The lowest BCUT2D eigenvalue weighted by atomic mass is 9.97. The Kier molecular flexibility index (Phi) is 5.79. The minimum absolute atomic E-state index is 0.101. The van der Waals surface area contributed by atoms with Gasteiger partial charge in [0.05, 0.1) is 19.3 Å². The molecule has 0 radical (unpaired) electrons.